The highest BCUT2D eigenvalue weighted by Gasteiger charge is 2.60. The van der Waals surface area contributed by atoms with E-state index in [1.165, 1.54) is 11.1 Å². The number of tetrazole rings is 1. The Morgan fingerprint density at radius 3 is 2.76 bits per heavy atom. The van der Waals surface area contributed by atoms with Gasteiger partial charge in [-0.2, -0.15) is 10.5 Å². The second kappa shape index (κ2) is 13.6. The fourth-order valence-corrected chi connectivity index (χ4v) is 8.58. The van der Waals surface area contributed by atoms with Crippen LogP contribution in [0, 0.1) is 30.1 Å². The summed E-state index contributed by atoms with van der Waals surface area (Å²) in [5.41, 5.74) is 6.66. The minimum Gasteiger partial charge on any atom is -0.352 e. The standard InChI is InChI=1S/C39H44N8O2/c1-4-41-37(49)29-16-17-34-28(19-29)15-14-27-8-6-5-7-9-33(27)39(34,38-43-45-46-44-38)21-30(18-26-12-10-24(2)11-13-26)42-23-35(48)47-31(22-40)20-32-25(3)36(32)47/h5-7,9-13,16-17,19,25,30-32,36,42H,4,8,14-15,18,20-21,23H2,1-3H3,(H,41,49)(H,43,44,45,46)/t25-,30+,31?,32?,36?,39?/m0/s1. The summed E-state index contributed by atoms with van der Waals surface area (Å²) < 4.78 is 0. The van der Waals surface area contributed by atoms with Gasteiger partial charge in [-0.3, -0.25) is 9.59 Å². The summed E-state index contributed by atoms with van der Waals surface area (Å²) in [6.45, 7) is 6.85. The van der Waals surface area contributed by atoms with Gasteiger partial charge < -0.3 is 15.5 Å². The zero-order valence-corrected chi connectivity index (χ0v) is 28.4. The van der Waals surface area contributed by atoms with Crippen LogP contribution in [0.3, 0.4) is 0 Å². The van der Waals surface area contributed by atoms with Crippen molar-refractivity contribution in [3.63, 3.8) is 0 Å². The zero-order chi connectivity index (χ0) is 34.1. The molecule has 49 heavy (non-hydrogen) atoms. The maximum atomic E-state index is 13.9. The van der Waals surface area contributed by atoms with Gasteiger partial charge in [0.05, 0.1) is 18.0 Å². The van der Waals surface area contributed by atoms with Crippen LogP contribution in [0.1, 0.15) is 78.0 Å². The van der Waals surface area contributed by atoms with E-state index in [4.69, 9.17) is 0 Å². The summed E-state index contributed by atoms with van der Waals surface area (Å²) >= 11 is 0. The molecule has 1 aromatic heterocycles. The lowest BCUT2D eigenvalue weighted by atomic mass is 9.66. The molecule has 1 aliphatic heterocycles. The van der Waals surface area contributed by atoms with Crippen LogP contribution in [0.5, 0.6) is 0 Å². The average Bonchev–Trinajstić information content (AvgIpc) is 3.38. The number of fused-ring (bicyclic) bond motifs is 2. The lowest BCUT2D eigenvalue weighted by molar-refractivity contribution is -0.131. The largest absolute Gasteiger partial charge is 0.352 e. The second-order valence-electron chi connectivity index (χ2n) is 14.0. The van der Waals surface area contributed by atoms with Crippen LogP contribution in [0.2, 0.25) is 0 Å². The summed E-state index contributed by atoms with van der Waals surface area (Å²) in [4.78, 5) is 28.7. The molecule has 1 saturated heterocycles. The Labute approximate surface area is 287 Å². The number of nitrogens with one attached hydrogen (secondary N) is 3. The Kier molecular flexibility index (Phi) is 9.03. The molecule has 10 heteroatoms. The third kappa shape index (κ3) is 6.12. The molecule has 2 fully saturated rings. The van der Waals surface area contributed by atoms with Crippen molar-refractivity contribution in [2.45, 2.75) is 82.8 Å². The van der Waals surface area contributed by atoms with Gasteiger partial charge in [-0.15, -0.1) is 10.2 Å². The number of allylic oxidation sites excluding steroid dienone is 6. The van der Waals surface area contributed by atoms with Crippen LogP contribution in [0.15, 0.2) is 77.9 Å². The summed E-state index contributed by atoms with van der Waals surface area (Å²) in [6.07, 6.45) is 12.9. The molecule has 1 saturated carbocycles. The summed E-state index contributed by atoms with van der Waals surface area (Å²) in [7, 11) is 0. The van der Waals surface area contributed by atoms with E-state index in [1.54, 1.807) is 0 Å². The molecule has 0 spiro atoms. The number of H-pyrrole nitrogens is 1. The van der Waals surface area contributed by atoms with Gasteiger partial charge in [-0.1, -0.05) is 77.9 Å². The van der Waals surface area contributed by atoms with Crippen molar-refractivity contribution in [2.75, 3.05) is 13.1 Å². The molecular weight excluding hydrogens is 612 g/mol. The molecule has 2 heterocycles. The number of rotatable bonds is 10. The highest BCUT2D eigenvalue weighted by molar-refractivity contribution is 5.94. The first kappa shape index (κ1) is 32.7. The van der Waals surface area contributed by atoms with Gasteiger partial charge in [-0.05, 0) is 98.6 Å². The lowest BCUT2D eigenvalue weighted by Crippen LogP contribution is -2.48. The predicted octanol–water partition coefficient (Wildman–Crippen LogP) is 4.65. The summed E-state index contributed by atoms with van der Waals surface area (Å²) in [5.74, 6) is 1.29. The van der Waals surface area contributed by atoms with Gasteiger partial charge in [-0.25, -0.2) is 0 Å². The van der Waals surface area contributed by atoms with Crippen molar-refractivity contribution in [2.24, 2.45) is 11.8 Å². The first-order valence-corrected chi connectivity index (χ1v) is 17.5. The number of carbonyl (C=O) groups excluding carboxylic acids is 2. The van der Waals surface area contributed by atoms with E-state index >= 15 is 0 Å². The van der Waals surface area contributed by atoms with Gasteiger partial charge in [0.1, 0.15) is 6.04 Å². The second-order valence-corrected chi connectivity index (χ2v) is 14.0. The van der Waals surface area contributed by atoms with E-state index in [0.29, 0.717) is 42.6 Å². The number of piperidine rings is 1. The van der Waals surface area contributed by atoms with Gasteiger partial charge in [0.25, 0.3) is 5.91 Å². The van der Waals surface area contributed by atoms with Gasteiger partial charge >= 0.3 is 0 Å². The van der Waals surface area contributed by atoms with E-state index in [-0.39, 0.29) is 36.5 Å². The highest BCUT2D eigenvalue weighted by Crippen LogP contribution is 2.53. The fraction of sp³-hybridized carbons (Fsp3) is 0.436. The number of hydrogen-bond donors (Lipinski definition) is 3. The van der Waals surface area contributed by atoms with E-state index in [9.17, 15) is 14.9 Å². The number of nitrogens with zero attached hydrogens (tertiary/aromatic N) is 5. The Hall–Kier alpha value is -4.88. The number of aromatic amines is 1. The molecule has 7 rings (SSSR count). The number of hydrogen-bond acceptors (Lipinski definition) is 7. The number of benzene rings is 2. The number of nitriles is 1. The molecule has 4 unspecified atom stereocenters. The molecule has 2 aromatic carbocycles. The first-order valence-electron chi connectivity index (χ1n) is 17.5. The molecule has 3 aromatic rings. The number of amides is 2. The van der Waals surface area contributed by atoms with E-state index < -0.39 is 5.41 Å². The average molecular weight is 657 g/mol. The van der Waals surface area contributed by atoms with E-state index in [0.717, 1.165) is 47.9 Å². The van der Waals surface area contributed by atoms with Crippen LogP contribution in [0.25, 0.3) is 0 Å². The molecule has 10 nitrogen and oxygen atoms in total. The van der Waals surface area contributed by atoms with Crippen molar-refractivity contribution in [1.29, 1.82) is 5.26 Å². The zero-order valence-electron chi connectivity index (χ0n) is 28.4. The predicted molar refractivity (Wildman–Crippen MR) is 186 cm³/mol. The molecule has 0 radical (unpaired) electrons. The Bertz CT molecular complexity index is 1850. The lowest BCUT2D eigenvalue weighted by Gasteiger charge is -2.38. The van der Waals surface area contributed by atoms with Crippen LogP contribution in [-0.4, -0.2) is 68.6 Å². The number of likely N-dealkylation sites (tertiary alicyclic amines) is 1. The van der Waals surface area contributed by atoms with Crippen molar-refractivity contribution in [3.8, 4) is 6.07 Å². The Balaban J connectivity index is 1.32. The van der Waals surface area contributed by atoms with Gasteiger partial charge in [0.2, 0.25) is 5.91 Å². The van der Waals surface area contributed by atoms with E-state index in [2.05, 4.69) is 106 Å². The SMILES string of the molecule is CCNC(=O)c1ccc2c(c1)CCC1=C(C=CC=CC1)C2(C[C@@H](Cc1ccc(C)cc1)NCC(=O)N1C(C#N)CC2C1[C@H]2C)c1nn[nH]n1. The van der Waals surface area contributed by atoms with Crippen molar-refractivity contribution >= 4 is 11.8 Å². The minimum atomic E-state index is -0.833. The van der Waals surface area contributed by atoms with Crippen LogP contribution >= 0.6 is 0 Å². The molecule has 3 aliphatic carbocycles. The summed E-state index contributed by atoms with van der Waals surface area (Å²) in [6, 6.07) is 16.5. The maximum absolute atomic E-state index is 13.9. The molecule has 3 N–H and O–H groups in total. The van der Waals surface area contributed by atoms with Crippen LogP contribution < -0.4 is 10.6 Å². The number of aryl methyl sites for hydroxylation is 2. The minimum absolute atomic E-state index is 0.0303. The highest BCUT2D eigenvalue weighted by atomic mass is 16.2. The molecule has 4 aliphatic rings. The van der Waals surface area contributed by atoms with Gasteiger partial charge in [0, 0.05) is 24.2 Å². The number of aromatic nitrogens is 4. The van der Waals surface area contributed by atoms with Crippen molar-refractivity contribution in [1.82, 2.24) is 36.2 Å². The third-order valence-corrected chi connectivity index (χ3v) is 11.1. The Morgan fingerprint density at radius 2 is 2.00 bits per heavy atom. The number of carbonyl (C=O) groups is 2. The Morgan fingerprint density at radius 1 is 1.16 bits per heavy atom. The molecule has 252 valence electrons. The first-order chi connectivity index (χ1) is 23.8. The molecule has 2 amide bonds. The quantitative estimate of drug-likeness (QED) is 0.289. The summed E-state index contributed by atoms with van der Waals surface area (Å²) in [5, 5.41) is 32.7. The molecule has 6 atom stereocenters. The smallest absolute Gasteiger partial charge is 0.251 e. The van der Waals surface area contributed by atoms with Crippen LogP contribution in [-0.2, 0) is 23.1 Å². The molecule has 0 bridgehead atoms. The van der Waals surface area contributed by atoms with Crippen LogP contribution in [0.4, 0.5) is 0 Å². The monoisotopic (exact) mass is 656 g/mol. The van der Waals surface area contributed by atoms with E-state index in [1.807, 2.05) is 24.0 Å². The topological polar surface area (TPSA) is 140 Å². The van der Waals surface area contributed by atoms with Gasteiger partial charge in [0.15, 0.2) is 5.82 Å². The van der Waals surface area contributed by atoms with Crippen molar-refractivity contribution < 1.29 is 9.59 Å². The maximum Gasteiger partial charge on any atom is 0.251 e. The fourth-order valence-electron chi connectivity index (χ4n) is 8.58. The molecular formula is C39H44N8O2. The van der Waals surface area contributed by atoms with Crippen molar-refractivity contribution in [3.05, 3.63) is 112 Å². The third-order valence-electron chi connectivity index (χ3n) is 11.1. The normalized spacial score (nSPS) is 25.8.